The molecule has 1 rings (SSSR count). The number of hydrogen-bond donors (Lipinski definition) is 4. The van der Waals surface area contributed by atoms with Gasteiger partial charge in [0.2, 0.25) is 0 Å². The van der Waals surface area contributed by atoms with Crippen molar-refractivity contribution in [3.63, 3.8) is 0 Å². The van der Waals surface area contributed by atoms with Crippen molar-refractivity contribution in [2.45, 2.75) is 82.4 Å². The Morgan fingerprint density at radius 1 is 1.11 bits per heavy atom. The number of carboxylic acid groups (broad SMARTS) is 1. The number of allylic oxidation sites excluding steroid dienone is 5. The highest BCUT2D eigenvalue weighted by atomic mass is 16.5. The summed E-state index contributed by atoms with van der Waals surface area (Å²) < 4.78 is 5.70. The number of aliphatic hydroxyl groups excluding tert-OH is 3. The molecule has 0 aliphatic carbocycles. The second-order valence-corrected chi connectivity index (χ2v) is 6.92. The van der Waals surface area contributed by atoms with Crippen LogP contribution in [-0.4, -0.2) is 56.9 Å². The summed E-state index contributed by atoms with van der Waals surface area (Å²) in [7, 11) is 0. The summed E-state index contributed by atoms with van der Waals surface area (Å²) in [6.45, 7) is 1.87. The van der Waals surface area contributed by atoms with Gasteiger partial charge in [0.25, 0.3) is 0 Å². The van der Waals surface area contributed by atoms with E-state index in [1.165, 1.54) is 0 Å². The zero-order valence-corrected chi connectivity index (χ0v) is 16.6. The first kappa shape index (κ1) is 24.3. The second kappa shape index (κ2) is 14.3. The molecule has 158 valence electrons. The van der Waals surface area contributed by atoms with Gasteiger partial charge in [-0.2, -0.15) is 0 Å². The molecular weight excluding hydrogens is 360 g/mol. The van der Waals surface area contributed by atoms with Crippen molar-refractivity contribution in [3.05, 3.63) is 48.6 Å². The van der Waals surface area contributed by atoms with Gasteiger partial charge in [-0.25, -0.2) is 0 Å². The van der Waals surface area contributed by atoms with Crippen LogP contribution in [0.1, 0.15) is 51.9 Å². The average Bonchev–Trinajstić information content (AvgIpc) is 3.04. The lowest BCUT2D eigenvalue weighted by Gasteiger charge is -2.16. The predicted molar refractivity (Wildman–Crippen MR) is 109 cm³/mol. The Bertz CT molecular complexity index is 551. The second-order valence-electron chi connectivity index (χ2n) is 6.92. The van der Waals surface area contributed by atoms with Crippen molar-refractivity contribution < 1.29 is 30.0 Å². The lowest BCUT2D eigenvalue weighted by atomic mass is 10.0. The minimum Gasteiger partial charge on any atom is -0.481 e. The van der Waals surface area contributed by atoms with Crippen LogP contribution in [0.5, 0.6) is 0 Å². The van der Waals surface area contributed by atoms with Gasteiger partial charge in [0, 0.05) is 12.8 Å². The van der Waals surface area contributed by atoms with Gasteiger partial charge in [-0.05, 0) is 32.1 Å². The molecule has 0 unspecified atom stereocenters. The number of carbonyl (C=O) groups is 1. The molecule has 0 amide bonds. The SMILES string of the molecule is CC[C@@H](O)/C=C/[C@@H]1O[C@H]([C@H](O)C/C=C\C/C=C\C/C=C\CCC(=O)O)C[C@H]1O. The normalized spacial score (nSPS) is 25.5. The maximum absolute atomic E-state index is 10.4. The third-order valence-corrected chi connectivity index (χ3v) is 4.50. The lowest BCUT2D eigenvalue weighted by molar-refractivity contribution is -0.136. The van der Waals surface area contributed by atoms with E-state index in [0.29, 0.717) is 25.7 Å². The van der Waals surface area contributed by atoms with Crippen LogP contribution in [0.15, 0.2) is 48.6 Å². The van der Waals surface area contributed by atoms with Crippen molar-refractivity contribution in [2.24, 2.45) is 0 Å². The molecule has 4 N–H and O–H groups in total. The molecule has 0 aromatic carbocycles. The molecule has 1 heterocycles. The van der Waals surface area contributed by atoms with Gasteiger partial charge in [-0.15, -0.1) is 0 Å². The number of aliphatic carboxylic acids is 1. The average molecular weight is 395 g/mol. The summed E-state index contributed by atoms with van der Waals surface area (Å²) in [5.41, 5.74) is 0. The Kier molecular flexibility index (Phi) is 12.4. The zero-order chi connectivity index (χ0) is 20.8. The Balaban J connectivity index is 2.22. The van der Waals surface area contributed by atoms with Gasteiger partial charge in [0.1, 0.15) is 6.10 Å². The van der Waals surface area contributed by atoms with Crippen molar-refractivity contribution in [2.75, 3.05) is 0 Å². The highest BCUT2D eigenvalue weighted by Gasteiger charge is 2.35. The molecular formula is C22H34O6. The van der Waals surface area contributed by atoms with E-state index in [0.717, 1.165) is 12.8 Å². The van der Waals surface area contributed by atoms with Crippen molar-refractivity contribution in [1.82, 2.24) is 0 Å². The summed E-state index contributed by atoms with van der Waals surface area (Å²) in [6.07, 6.45) is 15.9. The monoisotopic (exact) mass is 394 g/mol. The van der Waals surface area contributed by atoms with E-state index in [9.17, 15) is 20.1 Å². The minimum absolute atomic E-state index is 0.157. The smallest absolute Gasteiger partial charge is 0.303 e. The molecule has 0 spiro atoms. The number of hydrogen-bond acceptors (Lipinski definition) is 5. The Morgan fingerprint density at radius 2 is 1.75 bits per heavy atom. The topological polar surface area (TPSA) is 107 Å². The molecule has 28 heavy (non-hydrogen) atoms. The largest absolute Gasteiger partial charge is 0.481 e. The molecule has 5 atom stereocenters. The number of carboxylic acids is 1. The highest BCUT2D eigenvalue weighted by molar-refractivity contribution is 5.66. The highest BCUT2D eigenvalue weighted by Crippen LogP contribution is 2.25. The summed E-state index contributed by atoms with van der Waals surface area (Å²) in [4.78, 5) is 10.4. The van der Waals surface area contributed by atoms with Gasteiger partial charge in [-0.1, -0.05) is 55.5 Å². The third kappa shape index (κ3) is 10.6. The van der Waals surface area contributed by atoms with Gasteiger partial charge < -0.3 is 25.2 Å². The predicted octanol–water partition coefficient (Wildman–Crippen LogP) is 2.90. The van der Waals surface area contributed by atoms with Crippen LogP contribution in [0, 0.1) is 0 Å². The minimum atomic E-state index is -0.785. The fourth-order valence-corrected chi connectivity index (χ4v) is 2.77. The van der Waals surface area contributed by atoms with Gasteiger partial charge in [0.05, 0.1) is 24.4 Å². The third-order valence-electron chi connectivity index (χ3n) is 4.50. The lowest BCUT2D eigenvalue weighted by Crippen LogP contribution is -2.25. The molecule has 0 bridgehead atoms. The quantitative estimate of drug-likeness (QED) is 0.358. The maximum Gasteiger partial charge on any atom is 0.303 e. The fraction of sp³-hybridized carbons (Fsp3) is 0.591. The Hall–Kier alpha value is -1.73. The van der Waals surface area contributed by atoms with Crippen LogP contribution in [0.4, 0.5) is 0 Å². The van der Waals surface area contributed by atoms with E-state index in [4.69, 9.17) is 9.84 Å². The molecule has 6 heteroatoms. The van der Waals surface area contributed by atoms with E-state index >= 15 is 0 Å². The maximum atomic E-state index is 10.4. The van der Waals surface area contributed by atoms with E-state index < -0.39 is 36.5 Å². The van der Waals surface area contributed by atoms with Crippen LogP contribution in [-0.2, 0) is 9.53 Å². The van der Waals surface area contributed by atoms with Crippen molar-refractivity contribution in [3.8, 4) is 0 Å². The molecule has 6 nitrogen and oxygen atoms in total. The van der Waals surface area contributed by atoms with Crippen LogP contribution < -0.4 is 0 Å². The summed E-state index contributed by atoms with van der Waals surface area (Å²) in [5, 5.41) is 38.3. The van der Waals surface area contributed by atoms with Gasteiger partial charge in [-0.3, -0.25) is 4.79 Å². The zero-order valence-electron chi connectivity index (χ0n) is 16.6. The first-order valence-electron chi connectivity index (χ1n) is 9.98. The summed E-state index contributed by atoms with van der Waals surface area (Å²) >= 11 is 0. The van der Waals surface area contributed by atoms with E-state index in [1.54, 1.807) is 12.2 Å². The Labute approximate surface area is 167 Å². The molecule has 1 aliphatic heterocycles. The number of aliphatic hydroxyl groups is 3. The molecule has 0 radical (unpaired) electrons. The molecule has 1 aliphatic rings. The fourth-order valence-electron chi connectivity index (χ4n) is 2.77. The first-order valence-corrected chi connectivity index (χ1v) is 9.98. The van der Waals surface area contributed by atoms with Crippen molar-refractivity contribution in [1.29, 1.82) is 0 Å². The van der Waals surface area contributed by atoms with Crippen LogP contribution in [0.25, 0.3) is 0 Å². The molecule has 0 aromatic rings. The number of rotatable bonds is 13. The van der Waals surface area contributed by atoms with E-state index in [2.05, 4.69) is 0 Å². The molecule has 0 saturated carbocycles. The summed E-state index contributed by atoms with van der Waals surface area (Å²) in [6, 6.07) is 0. The standard InChI is InChI=1S/C22H34O6/c1-2-17(23)14-15-20-19(25)16-21(28-20)18(24)12-10-8-6-4-3-5-7-9-11-13-22(26)27/h3-4,7-10,14-15,17-21,23-25H,2,5-6,11-13,16H2,1H3,(H,26,27)/b4-3-,9-7-,10-8-,15-14+/t17-,18-,19-,20+,21+/m1/s1. The first-order chi connectivity index (χ1) is 13.4. The van der Waals surface area contributed by atoms with Crippen molar-refractivity contribution >= 4 is 5.97 Å². The molecule has 1 fully saturated rings. The van der Waals surface area contributed by atoms with Gasteiger partial charge in [0.15, 0.2) is 0 Å². The van der Waals surface area contributed by atoms with E-state index in [1.807, 2.05) is 43.4 Å². The number of ether oxygens (including phenoxy) is 1. The van der Waals surface area contributed by atoms with Crippen LogP contribution in [0.2, 0.25) is 0 Å². The van der Waals surface area contributed by atoms with Crippen LogP contribution >= 0.6 is 0 Å². The molecule has 0 aromatic heterocycles. The van der Waals surface area contributed by atoms with E-state index in [-0.39, 0.29) is 6.42 Å². The van der Waals surface area contributed by atoms with Gasteiger partial charge >= 0.3 is 5.97 Å². The van der Waals surface area contributed by atoms with Crippen LogP contribution in [0.3, 0.4) is 0 Å². The Morgan fingerprint density at radius 3 is 2.39 bits per heavy atom. The summed E-state index contributed by atoms with van der Waals surface area (Å²) in [5.74, 6) is -0.785. The molecule has 1 saturated heterocycles.